The number of rotatable bonds is 7. The molecular weight excluding hydrogens is 431 g/mol. The first-order valence-corrected chi connectivity index (χ1v) is 10.6. The molecule has 0 aliphatic rings. The summed E-state index contributed by atoms with van der Waals surface area (Å²) < 4.78 is 45.9. The second kappa shape index (κ2) is 9.15. The van der Waals surface area contributed by atoms with Gasteiger partial charge in [0.2, 0.25) is 5.91 Å². The van der Waals surface area contributed by atoms with Crippen molar-refractivity contribution in [3.05, 3.63) is 83.1 Å². The Morgan fingerprint density at radius 3 is 2.47 bits per heavy atom. The minimum Gasteiger partial charge on any atom is -0.495 e. The van der Waals surface area contributed by atoms with E-state index in [4.69, 9.17) is 16.3 Å². The molecule has 0 radical (unpaired) electrons. The summed E-state index contributed by atoms with van der Waals surface area (Å²) in [5, 5.41) is 3.24. The van der Waals surface area contributed by atoms with E-state index in [9.17, 15) is 17.6 Å². The fourth-order valence-electron chi connectivity index (χ4n) is 2.72. The topological polar surface area (TPSA) is 84.5 Å². The van der Waals surface area contributed by atoms with Crippen molar-refractivity contribution in [2.45, 2.75) is 11.3 Å². The van der Waals surface area contributed by atoms with E-state index in [2.05, 4.69) is 10.0 Å². The average molecular weight is 449 g/mol. The Bertz CT molecular complexity index is 1170. The zero-order valence-electron chi connectivity index (χ0n) is 15.9. The molecule has 0 aromatic heterocycles. The molecule has 0 bridgehead atoms. The van der Waals surface area contributed by atoms with Crippen molar-refractivity contribution < 1.29 is 22.3 Å². The van der Waals surface area contributed by atoms with Crippen molar-refractivity contribution in [2.75, 3.05) is 17.1 Å². The number of amides is 1. The van der Waals surface area contributed by atoms with E-state index >= 15 is 0 Å². The third kappa shape index (κ3) is 5.49. The van der Waals surface area contributed by atoms with Crippen LogP contribution in [-0.4, -0.2) is 21.4 Å². The Balaban J connectivity index is 1.79. The molecule has 0 spiro atoms. The standard InChI is InChI=1S/C21H18ClFN2O4S/c1-29-20-10-7-17(24-21(26)12-14-3-2-4-15(22)11-14)13-19(20)25-30(27,28)18-8-5-16(23)6-9-18/h2-11,13,25H,12H2,1H3,(H,24,26). The lowest BCUT2D eigenvalue weighted by Gasteiger charge is -2.14. The van der Waals surface area contributed by atoms with Crippen LogP contribution in [0.5, 0.6) is 5.75 Å². The Hall–Kier alpha value is -3.10. The number of halogens is 2. The third-order valence-electron chi connectivity index (χ3n) is 4.11. The van der Waals surface area contributed by atoms with Crippen LogP contribution in [0, 0.1) is 5.82 Å². The Labute approximate surface area is 178 Å². The number of benzene rings is 3. The highest BCUT2D eigenvalue weighted by molar-refractivity contribution is 7.92. The first-order valence-electron chi connectivity index (χ1n) is 8.77. The number of hydrogen-bond donors (Lipinski definition) is 2. The number of sulfonamides is 1. The van der Waals surface area contributed by atoms with Gasteiger partial charge in [-0.25, -0.2) is 12.8 Å². The van der Waals surface area contributed by atoms with Gasteiger partial charge in [-0.15, -0.1) is 0 Å². The van der Waals surface area contributed by atoms with Crippen LogP contribution in [0.2, 0.25) is 5.02 Å². The zero-order chi connectivity index (χ0) is 21.7. The van der Waals surface area contributed by atoms with Gasteiger partial charge in [0.05, 0.1) is 24.1 Å². The normalized spacial score (nSPS) is 11.0. The van der Waals surface area contributed by atoms with Crippen molar-refractivity contribution >= 4 is 38.9 Å². The molecule has 3 aromatic carbocycles. The molecule has 9 heteroatoms. The molecule has 6 nitrogen and oxygen atoms in total. The maximum atomic E-state index is 13.1. The number of carbonyl (C=O) groups excluding carboxylic acids is 1. The molecule has 0 unspecified atom stereocenters. The number of nitrogens with one attached hydrogen (secondary N) is 2. The fourth-order valence-corrected chi connectivity index (χ4v) is 3.99. The van der Waals surface area contributed by atoms with Gasteiger partial charge in [0.25, 0.3) is 10.0 Å². The molecule has 30 heavy (non-hydrogen) atoms. The molecule has 0 heterocycles. The van der Waals surface area contributed by atoms with Gasteiger partial charge in [-0.1, -0.05) is 23.7 Å². The lowest BCUT2D eigenvalue weighted by Crippen LogP contribution is -2.16. The van der Waals surface area contributed by atoms with Crippen molar-refractivity contribution in [2.24, 2.45) is 0 Å². The largest absolute Gasteiger partial charge is 0.495 e. The highest BCUT2D eigenvalue weighted by Gasteiger charge is 2.17. The van der Waals surface area contributed by atoms with Crippen LogP contribution in [0.25, 0.3) is 0 Å². The SMILES string of the molecule is COc1ccc(NC(=O)Cc2cccc(Cl)c2)cc1NS(=O)(=O)c1ccc(F)cc1. The number of hydrogen-bond acceptors (Lipinski definition) is 4. The van der Waals surface area contributed by atoms with Crippen LogP contribution in [-0.2, 0) is 21.2 Å². The smallest absolute Gasteiger partial charge is 0.262 e. The molecule has 3 aromatic rings. The number of anilines is 2. The van der Waals surface area contributed by atoms with Gasteiger partial charge in [0.15, 0.2) is 0 Å². The highest BCUT2D eigenvalue weighted by Crippen LogP contribution is 2.30. The van der Waals surface area contributed by atoms with Crippen LogP contribution < -0.4 is 14.8 Å². The minimum atomic E-state index is -3.99. The number of carbonyl (C=O) groups is 1. The molecule has 0 atom stereocenters. The predicted octanol–water partition coefficient (Wildman–Crippen LogP) is 4.47. The molecule has 0 saturated heterocycles. The van der Waals surface area contributed by atoms with E-state index in [0.29, 0.717) is 10.7 Å². The molecule has 0 aliphatic carbocycles. The van der Waals surface area contributed by atoms with Crippen LogP contribution in [0.3, 0.4) is 0 Å². The maximum absolute atomic E-state index is 13.1. The van der Waals surface area contributed by atoms with E-state index < -0.39 is 15.8 Å². The van der Waals surface area contributed by atoms with Gasteiger partial charge in [-0.3, -0.25) is 9.52 Å². The number of methoxy groups -OCH3 is 1. The van der Waals surface area contributed by atoms with Gasteiger partial charge in [-0.2, -0.15) is 0 Å². The summed E-state index contributed by atoms with van der Waals surface area (Å²) in [6.07, 6.45) is 0.100. The monoisotopic (exact) mass is 448 g/mol. The molecule has 3 rings (SSSR count). The quantitative estimate of drug-likeness (QED) is 0.558. The zero-order valence-corrected chi connectivity index (χ0v) is 17.4. The Kier molecular flexibility index (Phi) is 6.59. The van der Waals surface area contributed by atoms with Gasteiger partial charge in [-0.05, 0) is 60.2 Å². The molecule has 1 amide bonds. The predicted molar refractivity (Wildman–Crippen MR) is 114 cm³/mol. The summed E-state index contributed by atoms with van der Waals surface area (Å²) in [6.45, 7) is 0. The molecule has 0 fully saturated rings. The van der Waals surface area contributed by atoms with Crippen molar-refractivity contribution in [1.82, 2.24) is 0 Å². The first-order chi connectivity index (χ1) is 14.3. The Morgan fingerprint density at radius 2 is 1.80 bits per heavy atom. The van der Waals surface area contributed by atoms with Crippen molar-refractivity contribution in [3.8, 4) is 5.75 Å². The van der Waals surface area contributed by atoms with Crippen LogP contribution in [0.4, 0.5) is 15.8 Å². The van der Waals surface area contributed by atoms with E-state index in [1.165, 1.54) is 19.2 Å². The molecule has 0 aliphatic heterocycles. The van der Waals surface area contributed by atoms with Crippen molar-refractivity contribution in [1.29, 1.82) is 0 Å². The average Bonchev–Trinajstić information content (AvgIpc) is 2.68. The summed E-state index contributed by atoms with van der Waals surface area (Å²) in [6, 6.07) is 15.9. The summed E-state index contributed by atoms with van der Waals surface area (Å²) in [7, 11) is -2.59. The van der Waals surface area contributed by atoms with E-state index in [1.807, 2.05) is 0 Å². The second-order valence-corrected chi connectivity index (χ2v) is 8.45. The summed E-state index contributed by atoms with van der Waals surface area (Å²) in [5.41, 5.74) is 1.24. The van der Waals surface area contributed by atoms with Crippen LogP contribution >= 0.6 is 11.6 Å². The Morgan fingerprint density at radius 1 is 1.07 bits per heavy atom. The summed E-state index contributed by atoms with van der Waals surface area (Å²) in [4.78, 5) is 12.2. The second-order valence-electron chi connectivity index (χ2n) is 6.33. The molecular formula is C21H18ClFN2O4S. The van der Waals surface area contributed by atoms with Crippen LogP contribution in [0.1, 0.15) is 5.56 Å². The molecule has 156 valence electrons. The van der Waals surface area contributed by atoms with E-state index in [1.54, 1.807) is 30.3 Å². The van der Waals surface area contributed by atoms with Crippen LogP contribution in [0.15, 0.2) is 71.6 Å². The lowest BCUT2D eigenvalue weighted by molar-refractivity contribution is -0.115. The van der Waals surface area contributed by atoms with E-state index in [-0.39, 0.29) is 28.7 Å². The maximum Gasteiger partial charge on any atom is 0.262 e. The molecule has 0 saturated carbocycles. The fraction of sp³-hybridized carbons (Fsp3) is 0.0952. The van der Waals surface area contributed by atoms with Gasteiger partial charge in [0.1, 0.15) is 11.6 Å². The van der Waals surface area contributed by atoms with Gasteiger partial charge >= 0.3 is 0 Å². The minimum absolute atomic E-state index is 0.100. The highest BCUT2D eigenvalue weighted by atomic mass is 35.5. The first kappa shape index (κ1) is 21.6. The third-order valence-corrected chi connectivity index (χ3v) is 5.72. The number of ether oxygens (including phenoxy) is 1. The van der Waals surface area contributed by atoms with Gasteiger partial charge < -0.3 is 10.1 Å². The summed E-state index contributed by atoms with van der Waals surface area (Å²) >= 11 is 5.93. The molecule has 2 N–H and O–H groups in total. The summed E-state index contributed by atoms with van der Waals surface area (Å²) in [5.74, 6) is -0.584. The lowest BCUT2D eigenvalue weighted by atomic mass is 10.1. The van der Waals surface area contributed by atoms with Gasteiger partial charge in [0, 0.05) is 10.7 Å². The van der Waals surface area contributed by atoms with Crippen molar-refractivity contribution in [3.63, 3.8) is 0 Å². The van der Waals surface area contributed by atoms with E-state index in [0.717, 1.165) is 29.8 Å².